The van der Waals surface area contributed by atoms with Gasteiger partial charge >= 0.3 is 0 Å². The van der Waals surface area contributed by atoms with Crippen molar-refractivity contribution >= 4 is 23.1 Å². The topological polar surface area (TPSA) is 167 Å². The molecule has 2 aromatic rings. The molecule has 2 aliphatic rings. The second-order valence-corrected chi connectivity index (χ2v) is 7.08. The number of fused-ring (bicyclic) bond motifs is 1. The molecule has 0 saturated carbocycles. The van der Waals surface area contributed by atoms with E-state index in [0.29, 0.717) is 19.0 Å². The Hall–Kier alpha value is -2.25. The first-order valence-electron chi connectivity index (χ1n) is 8.87. The van der Waals surface area contributed by atoms with Crippen molar-refractivity contribution in [1.29, 1.82) is 0 Å². The molecule has 2 saturated heterocycles. The molecular formula is C15H24N7O5+. The Labute approximate surface area is 153 Å². The summed E-state index contributed by atoms with van der Waals surface area (Å²) in [5.74, 6) is 0.325. The number of nitrogens with zero attached hydrogens (tertiary/aromatic N) is 4. The number of likely N-dealkylation sites (N-methyl/N-ethyl adjacent to an activating group) is 1. The van der Waals surface area contributed by atoms with E-state index in [1.54, 1.807) is 0 Å². The molecule has 0 amide bonds. The number of anilines is 2. The first kappa shape index (κ1) is 18.1. The highest BCUT2D eigenvalue weighted by molar-refractivity contribution is 5.75. The van der Waals surface area contributed by atoms with Crippen molar-refractivity contribution in [2.75, 3.05) is 50.5 Å². The molecule has 2 aromatic heterocycles. The number of imidazole rings is 1. The third kappa shape index (κ3) is 2.95. The number of piperazine rings is 1. The molecular weight excluding hydrogens is 358 g/mol. The van der Waals surface area contributed by atoms with E-state index in [1.165, 1.54) is 9.47 Å². The molecule has 4 rings (SSSR count). The summed E-state index contributed by atoms with van der Waals surface area (Å²) < 4.78 is 7.16. The fraction of sp³-hybridized carbons (Fsp3) is 0.667. The number of aliphatic hydroxyl groups is 3. The predicted molar refractivity (Wildman–Crippen MR) is 94.4 cm³/mol. The molecule has 0 radical (unpaired) electrons. The Bertz CT molecular complexity index is 891. The van der Waals surface area contributed by atoms with Crippen molar-refractivity contribution in [2.45, 2.75) is 24.5 Å². The van der Waals surface area contributed by atoms with E-state index in [0.717, 1.165) is 13.1 Å². The lowest BCUT2D eigenvalue weighted by molar-refractivity contribution is -0.880. The number of H-pyrrole nitrogens is 1. The van der Waals surface area contributed by atoms with Gasteiger partial charge in [-0.15, -0.1) is 0 Å². The first-order valence-corrected chi connectivity index (χ1v) is 8.87. The van der Waals surface area contributed by atoms with Crippen LogP contribution in [0.1, 0.15) is 6.23 Å². The van der Waals surface area contributed by atoms with Gasteiger partial charge in [0.05, 0.1) is 39.8 Å². The lowest BCUT2D eigenvalue weighted by Gasteiger charge is -2.32. The number of hydrogen-bond acceptors (Lipinski definition) is 9. The number of nitrogens with two attached hydrogens (primary N) is 1. The zero-order chi connectivity index (χ0) is 19.3. The summed E-state index contributed by atoms with van der Waals surface area (Å²) in [4.78, 5) is 26.7. The number of nitrogen functional groups attached to an aromatic ring is 1. The molecule has 12 nitrogen and oxygen atoms in total. The fourth-order valence-corrected chi connectivity index (χ4v) is 3.63. The summed E-state index contributed by atoms with van der Waals surface area (Å²) in [5, 5.41) is 30.0. The number of aliphatic hydroxyl groups excluding tert-OH is 3. The van der Waals surface area contributed by atoms with Crippen molar-refractivity contribution in [3.05, 3.63) is 10.4 Å². The van der Waals surface area contributed by atoms with Crippen LogP contribution in [0.15, 0.2) is 4.79 Å². The van der Waals surface area contributed by atoms with E-state index >= 15 is 0 Å². The summed E-state index contributed by atoms with van der Waals surface area (Å²) in [6, 6.07) is 0. The van der Waals surface area contributed by atoms with Crippen LogP contribution in [0.3, 0.4) is 0 Å². The van der Waals surface area contributed by atoms with E-state index in [2.05, 4.69) is 22.0 Å². The molecule has 4 heterocycles. The molecule has 4 atom stereocenters. The van der Waals surface area contributed by atoms with Crippen molar-refractivity contribution in [2.24, 2.45) is 0 Å². The second kappa shape index (κ2) is 6.73. The number of ether oxygens (including phenoxy) is 1. The summed E-state index contributed by atoms with van der Waals surface area (Å²) in [7, 11) is 2.10. The zero-order valence-electron chi connectivity index (χ0n) is 14.9. The summed E-state index contributed by atoms with van der Waals surface area (Å²) in [6.07, 6.45) is -4.61. The van der Waals surface area contributed by atoms with Gasteiger partial charge in [0, 0.05) is 0 Å². The minimum atomic E-state index is -1.32. The number of quaternary nitrogens is 1. The largest absolute Gasteiger partial charge is 0.394 e. The normalized spacial score (nSPS) is 29.7. The fourth-order valence-electron chi connectivity index (χ4n) is 3.63. The zero-order valence-corrected chi connectivity index (χ0v) is 14.9. The third-order valence-electron chi connectivity index (χ3n) is 5.22. The van der Waals surface area contributed by atoms with E-state index in [1.807, 2.05) is 4.90 Å². The van der Waals surface area contributed by atoms with Crippen LogP contribution in [0.5, 0.6) is 0 Å². The summed E-state index contributed by atoms with van der Waals surface area (Å²) >= 11 is 0. The average molecular weight is 382 g/mol. The van der Waals surface area contributed by atoms with E-state index in [9.17, 15) is 20.1 Å². The van der Waals surface area contributed by atoms with E-state index in [-0.39, 0.29) is 17.1 Å². The molecule has 0 aromatic carbocycles. The maximum absolute atomic E-state index is 12.3. The number of hydrogen-bond donors (Lipinski definition) is 6. The molecule has 12 heteroatoms. The Kier molecular flexibility index (Phi) is 4.52. The molecule has 27 heavy (non-hydrogen) atoms. The van der Waals surface area contributed by atoms with Crippen molar-refractivity contribution < 1.29 is 25.0 Å². The van der Waals surface area contributed by atoms with Crippen LogP contribution >= 0.6 is 0 Å². The summed E-state index contributed by atoms with van der Waals surface area (Å²) in [5.41, 5.74) is 5.43. The molecule has 0 spiro atoms. The number of nitrogens with one attached hydrogen (secondary N) is 2. The third-order valence-corrected chi connectivity index (χ3v) is 5.22. The lowest BCUT2D eigenvalue weighted by Crippen LogP contribution is -3.12. The van der Waals surface area contributed by atoms with Gasteiger partial charge in [-0.2, -0.15) is 4.98 Å². The van der Waals surface area contributed by atoms with Gasteiger partial charge in [-0.3, -0.25) is 14.3 Å². The standard InChI is InChI=1S/C15H23N7O5/c1-20-2-4-21(5-3-20)15-17-8-11(18-14(16)19-12(8)26)22(15)13-10(25)9(24)7(6-23)27-13/h7,9-10,13,23-25H,2-6H2,1H3,(H3,16,18,19,26)/p+1/t7-,9+,10+,13+/m0/s1. The SMILES string of the molecule is C[NH+]1CCN(c2nc3c(=O)[nH]c(N)nc3n2[C@@H]2O[C@@H](CO)[C@@H](O)[C@H]2O)CC1. The van der Waals surface area contributed by atoms with Gasteiger partial charge in [0.1, 0.15) is 18.3 Å². The van der Waals surface area contributed by atoms with Crippen LogP contribution in [0.4, 0.5) is 11.9 Å². The lowest BCUT2D eigenvalue weighted by atomic mass is 10.1. The van der Waals surface area contributed by atoms with E-state index in [4.69, 9.17) is 10.5 Å². The van der Waals surface area contributed by atoms with Crippen LogP contribution in [-0.4, -0.2) is 93.0 Å². The number of rotatable bonds is 3. The van der Waals surface area contributed by atoms with Crippen molar-refractivity contribution in [3.8, 4) is 0 Å². The van der Waals surface area contributed by atoms with Gasteiger partial charge in [0.25, 0.3) is 5.56 Å². The van der Waals surface area contributed by atoms with Gasteiger partial charge in [-0.1, -0.05) is 0 Å². The van der Waals surface area contributed by atoms with Crippen LogP contribution < -0.4 is 21.1 Å². The van der Waals surface area contributed by atoms with Gasteiger partial charge < -0.3 is 35.6 Å². The van der Waals surface area contributed by atoms with Crippen LogP contribution in [0.2, 0.25) is 0 Å². The van der Waals surface area contributed by atoms with Gasteiger partial charge in [0.2, 0.25) is 11.9 Å². The maximum Gasteiger partial charge on any atom is 0.280 e. The molecule has 2 fully saturated rings. The maximum atomic E-state index is 12.3. The second-order valence-electron chi connectivity index (χ2n) is 7.08. The van der Waals surface area contributed by atoms with Gasteiger partial charge in [0.15, 0.2) is 17.4 Å². The molecule has 148 valence electrons. The van der Waals surface area contributed by atoms with Crippen LogP contribution in [0, 0.1) is 0 Å². The molecule has 7 N–H and O–H groups in total. The number of aromatic amines is 1. The smallest absolute Gasteiger partial charge is 0.280 e. The molecule has 0 aliphatic carbocycles. The average Bonchev–Trinajstić information content (AvgIpc) is 3.14. The van der Waals surface area contributed by atoms with Crippen LogP contribution in [0.25, 0.3) is 11.2 Å². The van der Waals surface area contributed by atoms with Crippen molar-refractivity contribution in [1.82, 2.24) is 19.5 Å². The first-order chi connectivity index (χ1) is 12.9. The highest BCUT2D eigenvalue weighted by Crippen LogP contribution is 2.35. The highest BCUT2D eigenvalue weighted by atomic mass is 16.6. The minimum Gasteiger partial charge on any atom is -0.394 e. The molecule has 0 bridgehead atoms. The molecule has 0 unspecified atom stereocenters. The van der Waals surface area contributed by atoms with Crippen LogP contribution in [-0.2, 0) is 4.74 Å². The highest BCUT2D eigenvalue weighted by Gasteiger charge is 2.45. The molecule has 2 aliphatic heterocycles. The Balaban J connectivity index is 1.86. The van der Waals surface area contributed by atoms with E-state index < -0.39 is 36.7 Å². The summed E-state index contributed by atoms with van der Waals surface area (Å²) in [6.45, 7) is 2.69. The minimum absolute atomic E-state index is 0.0724. The van der Waals surface area contributed by atoms with Gasteiger partial charge in [-0.05, 0) is 0 Å². The Morgan fingerprint density at radius 3 is 2.63 bits per heavy atom. The monoisotopic (exact) mass is 382 g/mol. The predicted octanol–water partition coefficient (Wildman–Crippen LogP) is -4.35. The Morgan fingerprint density at radius 2 is 2.00 bits per heavy atom. The quantitative estimate of drug-likeness (QED) is 0.307. The van der Waals surface area contributed by atoms with Crippen molar-refractivity contribution in [3.63, 3.8) is 0 Å². The van der Waals surface area contributed by atoms with Gasteiger partial charge in [-0.25, -0.2) is 4.98 Å². The number of aromatic nitrogens is 4. The Morgan fingerprint density at radius 1 is 1.30 bits per heavy atom.